The van der Waals surface area contributed by atoms with Gasteiger partial charge in [-0.15, -0.1) is 0 Å². The summed E-state index contributed by atoms with van der Waals surface area (Å²) in [6, 6.07) is 4.83. The summed E-state index contributed by atoms with van der Waals surface area (Å²) in [6.45, 7) is 6.40. The van der Waals surface area contributed by atoms with Crippen molar-refractivity contribution in [2.75, 3.05) is 32.4 Å². The number of hydrogen-bond donors (Lipinski definition) is 3. The number of nitrogens with zero attached hydrogens (tertiary/aromatic N) is 2. The number of urea groups is 1. The maximum Gasteiger partial charge on any atom is 0.317 e. The molecule has 26 heavy (non-hydrogen) atoms. The zero-order chi connectivity index (χ0) is 18.4. The Morgan fingerprint density at radius 2 is 2.15 bits per heavy atom. The maximum absolute atomic E-state index is 12.5. The second-order valence-corrected chi connectivity index (χ2v) is 7.72. The highest BCUT2D eigenvalue weighted by Gasteiger charge is 2.40. The molecule has 2 amide bonds. The highest BCUT2D eigenvalue weighted by atomic mass is 16.2. The first-order chi connectivity index (χ1) is 12.5. The fourth-order valence-corrected chi connectivity index (χ4v) is 4.92. The molecule has 1 aliphatic heterocycles. The van der Waals surface area contributed by atoms with E-state index in [1.807, 2.05) is 24.8 Å². The molecule has 1 saturated heterocycles. The summed E-state index contributed by atoms with van der Waals surface area (Å²) in [7, 11) is 2.18. The summed E-state index contributed by atoms with van der Waals surface area (Å²) in [5, 5.41) is 4.59. The number of amides is 2. The number of aromatic nitrogens is 1. The molecule has 0 bridgehead atoms. The Morgan fingerprint density at radius 1 is 1.38 bits per heavy atom. The first-order valence-corrected chi connectivity index (χ1v) is 9.66. The summed E-state index contributed by atoms with van der Waals surface area (Å²) >= 11 is 0. The number of nitrogens with two attached hydrogens (primary N) is 1. The zero-order valence-corrected chi connectivity index (χ0v) is 15.9. The lowest BCUT2D eigenvalue weighted by Crippen LogP contribution is -2.56. The number of aromatic amines is 1. The topological polar surface area (TPSA) is 77.4 Å². The third-order valence-corrected chi connectivity index (χ3v) is 6.20. The van der Waals surface area contributed by atoms with Crippen molar-refractivity contribution in [2.24, 2.45) is 0 Å². The van der Waals surface area contributed by atoms with Crippen molar-refractivity contribution in [1.29, 1.82) is 0 Å². The van der Waals surface area contributed by atoms with Crippen molar-refractivity contribution in [3.63, 3.8) is 0 Å². The molecule has 1 fully saturated rings. The van der Waals surface area contributed by atoms with Crippen LogP contribution in [0, 0.1) is 0 Å². The predicted molar refractivity (Wildman–Crippen MR) is 105 cm³/mol. The van der Waals surface area contributed by atoms with Crippen LogP contribution in [0.2, 0.25) is 0 Å². The van der Waals surface area contributed by atoms with Crippen molar-refractivity contribution in [1.82, 2.24) is 20.1 Å². The van der Waals surface area contributed by atoms with Crippen molar-refractivity contribution in [3.05, 3.63) is 29.5 Å². The Morgan fingerprint density at radius 3 is 2.88 bits per heavy atom. The van der Waals surface area contributed by atoms with E-state index in [2.05, 4.69) is 34.5 Å². The van der Waals surface area contributed by atoms with Crippen molar-refractivity contribution >= 4 is 22.6 Å². The number of carbonyl (C=O) groups is 1. The van der Waals surface area contributed by atoms with Gasteiger partial charge in [0.1, 0.15) is 0 Å². The smallest absolute Gasteiger partial charge is 0.317 e. The largest absolute Gasteiger partial charge is 0.399 e. The molecule has 4 N–H and O–H groups in total. The van der Waals surface area contributed by atoms with Gasteiger partial charge in [-0.2, -0.15) is 0 Å². The van der Waals surface area contributed by atoms with Gasteiger partial charge in [-0.05, 0) is 57.0 Å². The molecule has 0 saturated carbocycles. The van der Waals surface area contributed by atoms with Crippen LogP contribution in [0.4, 0.5) is 10.5 Å². The summed E-state index contributed by atoms with van der Waals surface area (Å²) in [4.78, 5) is 20.1. The monoisotopic (exact) mass is 355 g/mol. The molecular formula is C20H29N5O. The molecule has 4 rings (SSSR count). The molecule has 1 aromatic carbocycles. The number of nitrogens with one attached hydrogen (secondary N) is 2. The van der Waals surface area contributed by atoms with Crippen LogP contribution in [-0.2, 0) is 6.42 Å². The lowest BCUT2D eigenvalue weighted by Gasteiger charge is -2.46. The fraction of sp³-hybridized carbons (Fsp3) is 0.550. The van der Waals surface area contributed by atoms with Crippen LogP contribution in [0.25, 0.3) is 10.9 Å². The zero-order valence-electron chi connectivity index (χ0n) is 15.9. The quantitative estimate of drug-likeness (QED) is 0.741. The van der Waals surface area contributed by atoms with Gasteiger partial charge in [0.05, 0.1) is 0 Å². The number of likely N-dealkylation sites (N-methyl/N-ethyl adjacent to an activating group) is 1. The third-order valence-electron chi connectivity index (χ3n) is 6.20. The molecule has 2 aromatic rings. The number of nitrogen functional groups attached to an aromatic ring is 1. The van der Waals surface area contributed by atoms with Gasteiger partial charge in [-0.3, -0.25) is 0 Å². The maximum atomic E-state index is 12.5. The summed E-state index contributed by atoms with van der Waals surface area (Å²) in [6.07, 6.45) is 4.14. The van der Waals surface area contributed by atoms with E-state index >= 15 is 0 Å². The molecule has 2 heterocycles. The van der Waals surface area contributed by atoms with Crippen molar-refractivity contribution < 1.29 is 4.79 Å². The van der Waals surface area contributed by atoms with E-state index in [-0.39, 0.29) is 12.1 Å². The van der Waals surface area contributed by atoms with Gasteiger partial charge in [-0.25, -0.2) is 4.79 Å². The molecule has 1 aromatic heterocycles. The lowest BCUT2D eigenvalue weighted by molar-refractivity contribution is 0.124. The third kappa shape index (κ3) is 2.72. The van der Waals surface area contributed by atoms with Crippen LogP contribution in [0.5, 0.6) is 0 Å². The van der Waals surface area contributed by atoms with E-state index < -0.39 is 0 Å². The number of rotatable bonds is 3. The molecular weight excluding hydrogens is 326 g/mol. The average Bonchev–Trinajstić information content (AvgIpc) is 3.00. The van der Waals surface area contributed by atoms with Crippen molar-refractivity contribution in [2.45, 2.75) is 44.7 Å². The number of hydrogen-bond acceptors (Lipinski definition) is 3. The molecule has 6 heteroatoms. The Hall–Kier alpha value is -2.21. The first kappa shape index (κ1) is 17.2. The number of likely N-dealkylation sites (tertiary alicyclic amines) is 1. The highest BCUT2D eigenvalue weighted by molar-refractivity contribution is 5.91. The Balaban J connectivity index is 1.63. The second-order valence-electron chi connectivity index (χ2n) is 7.72. The number of benzene rings is 1. The normalized spacial score (nSPS) is 25.1. The lowest BCUT2D eigenvalue weighted by atomic mass is 9.74. The van der Waals surface area contributed by atoms with Crippen LogP contribution >= 0.6 is 0 Å². The molecule has 1 unspecified atom stereocenters. The van der Waals surface area contributed by atoms with E-state index in [0.717, 1.165) is 43.7 Å². The second kappa shape index (κ2) is 6.50. The fourth-order valence-electron chi connectivity index (χ4n) is 4.92. The average molecular weight is 355 g/mol. The summed E-state index contributed by atoms with van der Waals surface area (Å²) < 4.78 is 0. The molecule has 6 nitrogen and oxygen atoms in total. The van der Waals surface area contributed by atoms with Gasteiger partial charge in [0.25, 0.3) is 0 Å². The van der Waals surface area contributed by atoms with E-state index in [1.54, 1.807) is 0 Å². The van der Waals surface area contributed by atoms with Gasteiger partial charge < -0.3 is 25.8 Å². The van der Waals surface area contributed by atoms with Crippen molar-refractivity contribution in [3.8, 4) is 0 Å². The van der Waals surface area contributed by atoms with Gasteiger partial charge in [0.15, 0.2) is 0 Å². The summed E-state index contributed by atoms with van der Waals surface area (Å²) in [5.74, 6) is 0.394. The van der Waals surface area contributed by atoms with E-state index in [4.69, 9.17) is 5.73 Å². The minimum Gasteiger partial charge on any atom is -0.399 e. The number of H-pyrrole nitrogens is 1. The van der Waals surface area contributed by atoms with E-state index in [1.165, 1.54) is 16.5 Å². The molecule has 3 atom stereocenters. The molecule has 1 aliphatic carbocycles. The minimum absolute atomic E-state index is 0.0442. The number of piperidine rings is 1. The standard InChI is InChI=1S/C20H29N5O/c1-4-25(5-2)20(26)23-14-9-15-16-7-13(21)8-17-19(16)12(10-22-17)6-18(15)24(3)11-14/h7-8,10,14-15,18,22H,4-6,9,11,21H2,1-3H3,(H,23,26)/t14-,15?,18-/m1/s1. The number of carbonyl (C=O) groups excluding carboxylic acids is 1. The van der Waals surface area contributed by atoms with Crippen LogP contribution in [0.3, 0.4) is 0 Å². The Bertz CT molecular complexity index is 825. The van der Waals surface area contributed by atoms with Crippen LogP contribution < -0.4 is 11.1 Å². The van der Waals surface area contributed by atoms with E-state index in [0.29, 0.717) is 12.0 Å². The molecule has 140 valence electrons. The highest BCUT2D eigenvalue weighted by Crippen LogP contribution is 2.43. The summed E-state index contributed by atoms with van der Waals surface area (Å²) in [5.41, 5.74) is 10.8. The van der Waals surface area contributed by atoms with Gasteiger partial charge in [-0.1, -0.05) is 0 Å². The first-order valence-electron chi connectivity index (χ1n) is 9.66. The SMILES string of the molecule is CCN(CC)C(=O)N[C@@H]1CC2c3cc(N)cc4[nH]cc(c34)C[C@H]2N(C)C1. The van der Waals surface area contributed by atoms with Crippen LogP contribution in [-0.4, -0.2) is 59.6 Å². The number of anilines is 1. The van der Waals surface area contributed by atoms with Crippen LogP contribution in [0.15, 0.2) is 18.3 Å². The molecule has 2 aliphatic rings. The van der Waals surface area contributed by atoms with Gasteiger partial charge in [0.2, 0.25) is 0 Å². The van der Waals surface area contributed by atoms with Gasteiger partial charge >= 0.3 is 6.03 Å². The van der Waals surface area contributed by atoms with E-state index in [9.17, 15) is 4.79 Å². The van der Waals surface area contributed by atoms with Gasteiger partial charge in [0, 0.05) is 60.4 Å². The molecule has 0 spiro atoms. The molecule has 0 radical (unpaired) electrons. The Kier molecular flexibility index (Phi) is 4.31. The predicted octanol–water partition coefficient (Wildman–Crippen LogP) is 2.51. The van der Waals surface area contributed by atoms with Crippen LogP contribution in [0.1, 0.15) is 37.3 Å². The number of fused-ring (bicyclic) bond motifs is 2. The Labute approximate surface area is 154 Å². The minimum atomic E-state index is 0.0442.